The van der Waals surface area contributed by atoms with Crippen LogP contribution < -0.4 is 9.47 Å². The summed E-state index contributed by atoms with van der Waals surface area (Å²) in [5, 5.41) is 4.26. The van der Waals surface area contributed by atoms with Gasteiger partial charge in [0.2, 0.25) is 23.0 Å². The van der Waals surface area contributed by atoms with Crippen molar-refractivity contribution in [1.29, 1.82) is 0 Å². The van der Waals surface area contributed by atoms with Crippen molar-refractivity contribution in [1.82, 2.24) is 0 Å². The van der Waals surface area contributed by atoms with Crippen molar-refractivity contribution >= 4 is 79.1 Å². The summed E-state index contributed by atoms with van der Waals surface area (Å²) in [5.74, 6) is 1.54. The molecule has 0 amide bonds. The maximum absolute atomic E-state index is 6.98. The minimum Gasteiger partial charge on any atom is -0.456 e. The van der Waals surface area contributed by atoms with E-state index in [9.17, 15) is 0 Å². The molecule has 0 atom stereocenters. The van der Waals surface area contributed by atoms with E-state index >= 15 is 0 Å². The molecule has 0 radical (unpaired) electrons. The van der Waals surface area contributed by atoms with Gasteiger partial charge in [0.05, 0.1) is 34.5 Å². The molecule has 5 aromatic carbocycles. The molecule has 260 valence electrons. The second kappa shape index (κ2) is 11.2. The van der Waals surface area contributed by atoms with Gasteiger partial charge in [0.1, 0.15) is 34.8 Å². The first-order valence-electron chi connectivity index (χ1n) is 18.7. The highest BCUT2D eigenvalue weighted by Gasteiger charge is 2.42. The Bertz CT molecular complexity index is 3260. The average molecular weight is 712 g/mol. The molecule has 6 heteroatoms. The zero-order valence-corrected chi connectivity index (χ0v) is 30.0. The fraction of sp³-hybridized carbons (Fsp3) is 0.0612. The van der Waals surface area contributed by atoms with E-state index < -0.39 is 0 Å². The monoisotopic (exact) mass is 711 g/mol. The van der Waals surface area contributed by atoms with Crippen molar-refractivity contribution in [3.05, 3.63) is 168 Å². The van der Waals surface area contributed by atoms with Gasteiger partial charge >= 0.3 is 0 Å². The van der Waals surface area contributed by atoms with Crippen molar-refractivity contribution in [3.63, 3.8) is 0 Å². The number of aromatic nitrogens is 1. The number of fused-ring (bicyclic) bond motifs is 9. The van der Waals surface area contributed by atoms with Crippen LogP contribution in [0, 0.1) is 0 Å². The molecule has 12 rings (SSSR count). The highest BCUT2D eigenvalue weighted by molar-refractivity contribution is 6.15. The van der Waals surface area contributed by atoms with Crippen LogP contribution >= 0.6 is 0 Å². The van der Waals surface area contributed by atoms with Crippen LogP contribution in [-0.2, 0) is 13.0 Å². The Morgan fingerprint density at radius 2 is 1.45 bits per heavy atom. The van der Waals surface area contributed by atoms with E-state index in [0.717, 1.165) is 91.1 Å². The molecule has 3 aliphatic heterocycles. The molecular weight excluding hydrogens is 679 g/mol. The third-order valence-electron chi connectivity index (χ3n) is 11.6. The van der Waals surface area contributed by atoms with Gasteiger partial charge in [-0.25, -0.2) is 0 Å². The van der Waals surface area contributed by atoms with Crippen LogP contribution in [0.3, 0.4) is 0 Å². The fourth-order valence-electron chi connectivity index (χ4n) is 9.12. The SMILES string of the molecule is C=[N+]1C(=CC=CC)c2cccc3c2C/C1=C1/C[n+]2ccccc2-c2cccc(c21)N3c1ccc(-c2ccc3oc4cc5oc6ccccc6c5cc4c3c2)o1. The summed E-state index contributed by atoms with van der Waals surface area (Å²) in [5.41, 5.74) is 16.1. The van der Waals surface area contributed by atoms with Crippen molar-refractivity contribution < 1.29 is 22.4 Å². The summed E-state index contributed by atoms with van der Waals surface area (Å²) < 4.78 is 24.0. The summed E-state index contributed by atoms with van der Waals surface area (Å²) in [6, 6.07) is 42.6. The predicted octanol–water partition coefficient (Wildman–Crippen LogP) is 12.1. The van der Waals surface area contributed by atoms with Crippen LogP contribution in [0.25, 0.3) is 77.7 Å². The number of para-hydroxylation sites is 1. The summed E-state index contributed by atoms with van der Waals surface area (Å²) >= 11 is 0. The van der Waals surface area contributed by atoms with E-state index in [1.165, 1.54) is 39.2 Å². The average Bonchev–Trinajstić information content (AvgIpc) is 3.94. The van der Waals surface area contributed by atoms with Gasteiger partial charge in [0.25, 0.3) is 0 Å². The van der Waals surface area contributed by atoms with Gasteiger partial charge < -0.3 is 13.3 Å². The normalized spacial score (nSPS) is 16.8. The zero-order chi connectivity index (χ0) is 36.4. The summed E-state index contributed by atoms with van der Waals surface area (Å²) in [7, 11) is 0. The van der Waals surface area contributed by atoms with Gasteiger partial charge in [-0.3, -0.25) is 4.90 Å². The molecule has 0 N–H and O–H groups in total. The molecule has 0 saturated carbocycles. The second-order valence-corrected chi connectivity index (χ2v) is 14.6. The van der Waals surface area contributed by atoms with Gasteiger partial charge in [-0.15, -0.1) is 0 Å². The minimum absolute atomic E-state index is 0.743. The molecule has 0 unspecified atom stereocenters. The Morgan fingerprint density at radius 1 is 0.673 bits per heavy atom. The topological polar surface area (TPSA) is 49.5 Å². The van der Waals surface area contributed by atoms with Crippen LogP contribution in [0.2, 0.25) is 0 Å². The quantitative estimate of drug-likeness (QED) is 0.171. The first-order chi connectivity index (χ1) is 27.1. The molecule has 7 heterocycles. The van der Waals surface area contributed by atoms with E-state index in [-0.39, 0.29) is 0 Å². The number of allylic oxidation sites excluding steroid dienone is 5. The Kier molecular flexibility index (Phi) is 6.15. The maximum Gasteiger partial charge on any atom is 0.217 e. The standard InChI is InChI=1S/C49H33N3O3/c1-3-4-14-38-30-12-9-16-40-33(30)26-42(50(38)2)37-28-51-23-8-7-15-39(51)32-13-10-17-41(49(32)37)52(40)48-22-21-43(55-48)29-19-20-45-34(24-29)36-25-35-31-11-5-6-18-44(31)53-46(35)27-47(36)54-45/h3-25,27H,2,26,28H2,1H3/q+2/b4-3?,38-14?,42-37+. The maximum atomic E-state index is 6.98. The van der Waals surface area contributed by atoms with Crippen LogP contribution in [0.4, 0.5) is 17.3 Å². The van der Waals surface area contributed by atoms with Gasteiger partial charge in [0.15, 0.2) is 12.7 Å². The molecule has 3 aliphatic rings. The number of hydrogen-bond donors (Lipinski definition) is 0. The molecule has 6 nitrogen and oxygen atoms in total. The van der Waals surface area contributed by atoms with Crippen LogP contribution in [0.5, 0.6) is 0 Å². The Morgan fingerprint density at radius 3 is 2.35 bits per heavy atom. The Hall–Kier alpha value is -7.18. The minimum atomic E-state index is 0.743. The lowest BCUT2D eigenvalue weighted by molar-refractivity contribution is -0.675. The first-order valence-corrected chi connectivity index (χ1v) is 18.7. The number of benzene rings is 5. The first kappa shape index (κ1) is 30.3. The van der Waals surface area contributed by atoms with Crippen molar-refractivity contribution in [3.8, 4) is 22.6 Å². The second-order valence-electron chi connectivity index (χ2n) is 14.6. The number of furan rings is 3. The lowest BCUT2D eigenvalue weighted by atomic mass is 9.83. The van der Waals surface area contributed by atoms with Crippen LogP contribution in [-0.4, -0.2) is 11.3 Å². The van der Waals surface area contributed by atoms with Crippen LogP contribution in [0.15, 0.2) is 165 Å². The Labute approximate surface area is 316 Å². The summed E-state index contributed by atoms with van der Waals surface area (Å²) in [6.07, 6.45) is 9.28. The zero-order valence-electron chi connectivity index (χ0n) is 30.0. The molecule has 0 saturated heterocycles. The number of rotatable bonds is 3. The molecule has 4 aromatic heterocycles. The van der Waals surface area contributed by atoms with Gasteiger partial charge in [-0.05, 0) is 73.7 Å². The predicted molar refractivity (Wildman–Crippen MR) is 220 cm³/mol. The van der Waals surface area contributed by atoms with Crippen molar-refractivity contribution in [2.75, 3.05) is 4.90 Å². The van der Waals surface area contributed by atoms with Gasteiger partial charge in [0, 0.05) is 68.6 Å². The summed E-state index contributed by atoms with van der Waals surface area (Å²) in [4.78, 5) is 2.33. The van der Waals surface area contributed by atoms with Crippen molar-refractivity contribution in [2.24, 2.45) is 0 Å². The van der Waals surface area contributed by atoms with E-state index in [2.05, 4.69) is 136 Å². The van der Waals surface area contributed by atoms with Gasteiger partial charge in [-0.2, -0.15) is 9.14 Å². The number of anilines is 3. The third kappa shape index (κ3) is 4.25. The fourth-order valence-corrected chi connectivity index (χ4v) is 9.12. The molecule has 0 aliphatic carbocycles. The molecule has 55 heavy (non-hydrogen) atoms. The summed E-state index contributed by atoms with van der Waals surface area (Å²) in [6.45, 7) is 7.45. The van der Waals surface area contributed by atoms with E-state index in [0.29, 0.717) is 0 Å². The molecule has 0 spiro atoms. The van der Waals surface area contributed by atoms with E-state index in [1.807, 2.05) is 37.3 Å². The number of hydrogen-bond acceptors (Lipinski definition) is 4. The van der Waals surface area contributed by atoms with Crippen LogP contribution in [0.1, 0.15) is 23.6 Å². The number of pyridine rings is 1. The lowest BCUT2D eigenvalue weighted by Gasteiger charge is -2.34. The van der Waals surface area contributed by atoms with Gasteiger partial charge in [-0.1, -0.05) is 42.5 Å². The highest BCUT2D eigenvalue weighted by Crippen LogP contribution is 2.52. The smallest absolute Gasteiger partial charge is 0.217 e. The Balaban J connectivity index is 1.07. The number of nitrogens with zero attached hydrogens (tertiary/aromatic N) is 3. The molecular formula is C49H33N3O3+2. The van der Waals surface area contributed by atoms with E-state index in [4.69, 9.17) is 13.3 Å². The lowest BCUT2D eigenvalue weighted by Crippen LogP contribution is -2.41. The third-order valence-corrected chi connectivity index (χ3v) is 11.6. The molecule has 2 bridgehead atoms. The van der Waals surface area contributed by atoms with Crippen molar-refractivity contribution in [2.45, 2.75) is 19.9 Å². The molecule has 9 aromatic rings. The molecule has 0 fully saturated rings. The largest absolute Gasteiger partial charge is 0.456 e. The van der Waals surface area contributed by atoms with E-state index in [1.54, 1.807) is 0 Å². The highest BCUT2D eigenvalue weighted by atomic mass is 16.4.